The zero-order valence-electron chi connectivity index (χ0n) is 12.7. The summed E-state index contributed by atoms with van der Waals surface area (Å²) < 4.78 is 14.8. The second-order valence-electron chi connectivity index (χ2n) is 4.19. The van der Waals surface area contributed by atoms with Crippen LogP contribution < -0.4 is 0 Å². The maximum absolute atomic E-state index is 10.3. The van der Waals surface area contributed by atoms with E-state index in [1.165, 1.54) is 32.6 Å². The number of methoxy groups -OCH3 is 1. The highest BCUT2D eigenvalue weighted by atomic mass is 16.6. The molecule has 0 spiro atoms. The monoisotopic (exact) mass is 262 g/mol. The Morgan fingerprint density at radius 1 is 1.11 bits per heavy atom. The predicted molar refractivity (Wildman–Crippen MR) is 73.7 cm³/mol. The van der Waals surface area contributed by atoms with Gasteiger partial charge in [-0.15, -0.1) is 0 Å². The molecule has 4 heteroatoms. The summed E-state index contributed by atoms with van der Waals surface area (Å²) in [5, 5.41) is 0. The van der Waals surface area contributed by atoms with Gasteiger partial charge in [0.2, 0.25) is 0 Å². The third-order valence-corrected chi connectivity index (χ3v) is 2.05. The van der Waals surface area contributed by atoms with Gasteiger partial charge < -0.3 is 14.2 Å². The Morgan fingerprint density at radius 3 is 1.94 bits per heavy atom. The van der Waals surface area contributed by atoms with Gasteiger partial charge in [-0.3, -0.25) is 4.79 Å². The van der Waals surface area contributed by atoms with Gasteiger partial charge in [0, 0.05) is 27.2 Å². The molecule has 0 aliphatic rings. The molecule has 0 N–H and O–H groups in total. The van der Waals surface area contributed by atoms with Crippen molar-refractivity contribution < 1.29 is 19.0 Å². The van der Waals surface area contributed by atoms with Crippen molar-refractivity contribution in [1.29, 1.82) is 0 Å². The summed E-state index contributed by atoms with van der Waals surface area (Å²) >= 11 is 0. The van der Waals surface area contributed by atoms with Crippen LogP contribution in [0.1, 0.15) is 53.4 Å². The van der Waals surface area contributed by atoms with Crippen molar-refractivity contribution in [1.82, 2.24) is 0 Å². The van der Waals surface area contributed by atoms with Crippen molar-refractivity contribution in [3.8, 4) is 0 Å². The first kappa shape index (κ1) is 19.7. The fourth-order valence-corrected chi connectivity index (χ4v) is 1.15. The summed E-state index contributed by atoms with van der Waals surface area (Å²) in [5.74, 6) is -0.264. The fraction of sp³-hybridized carbons (Fsp3) is 0.929. The van der Waals surface area contributed by atoms with Crippen LogP contribution in [0.5, 0.6) is 0 Å². The van der Waals surface area contributed by atoms with Crippen LogP contribution >= 0.6 is 0 Å². The Bertz CT molecular complexity index is 165. The molecule has 0 fully saturated rings. The molecule has 110 valence electrons. The maximum atomic E-state index is 10.3. The number of ether oxygens (including phenoxy) is 3. The Balaban J connectivity index is 0. The first-order chi connectivity index (χ1) is 8.58. The van der Waals surface area contributed by atoms with Crippen LogP contribution in [-0.2, 0) is 19.0 Å². The van der Waals surface area contributed by atoms with Crippen LogP contribution in [0.2, 0.25) is 0 Å². The number of esters is 1. The van der Waals surface area contributed by atoms with Crippen molar-refractivity contribution in [2.45, 2.75) is 59.5 Å². The number of carbonyl (C=O) groups is 1. The van der Waals surface area contributed by atoms with E-state index in [0.717, 1.165) is 13.2 Å². The molecule has 4 nitrogen and oxygen atoms in total. The van der Waals surface area contributed by atoms with Crippen LogP contribution in [0, 0.1) is 0 Å². The van der Waals surface area contributed by atoms with E-state index in [9.17, 15) is 4.79 Å². The molecule has 0 aromatic rings. The van der Waals surface area contributed by atoms with Crippen molar-refractivity contribution >= 4 is 5.97 Å². The highest BCUT2D eigenvalue weighted by molar-refractivity contribution is 5.66. The molecule has 0 aliphatic carbocycles. The minimum absolute atomic E-state index is 0.132. The molecule has 0 aromatic carbocycles. The molecule has 0 aliphatic heterocycles. The summed E-state index contributed by atoms with van der Waals surface area (Å²) in [6.45, 7) is 9.90. The summed E-state index contributed by atoms with van der Waals surface area (Å²) in [4.78, 5) is 10.3. The Kier molecular flexibility index (Phi) is 18.0. The standard InChI is InChI=1S/C8H18O.C6H12O3/c1-3-5-7-9-8-6-4-2;1-5(4-8-3)9-6(2)7/h3-8H2,1-2H3;5H,4H2,1-3H3. The molecule has 0 saturated heterocycles. The second-order valence-corrected chi connectivity index (χ2v) is 4.19. The molecular formula is C14H30O4. The molecule has 0 heterocycles. The lowest BCUT2D eigenvalue weighted by Gasteiger charge is -2.08. The minimum Gasteiger partial charge on any atom is -0.460 e. The van der Waals surface area contributed by atoms with Gasteiger partial charge in [-0.1, -0.05) is 26.7 Å². The van der Waals surface area contributed by atoms with Gasteiger partial charge in [-0.25, -0.2) is 0 Å². The van der Waals surface area contributed by atoms with Gasteiger partial charge >= 0.3 is 5.97 Å². The van der Waals surface area contributed by atoms with E-state index < -0.39 is 0 Å². The molecular weight excluding hydrogens is 232 g/mol. The third kappa shape index (κ3) is 20.8. The normalized spacial score (nSPS) is 11.4. The zero-order chi connectivity index (χ0) is 14.2. The third-order valence-electron chi connectivity index (χ3n) is 2.05. The predicted octanol–water partition coefficient (Wildman–Crippen LogP) is 3.19. The van der Waals surface area contributed by atoms with Crippen LogP contribution in [0.25, 0.3) is 0 Å². The highest BCUT2D eigenvalue weighted by Crippen LogP contribution is 1.91. The average Bonchev–Trinajstić information content (AvgIpc) is 2.29. The number of carbonyl (C=O) groups excluding carboxylic acids is 1. The maximum Gasteiger partial charge on any atom is 0.302 e. The van der Waals surface area contributed by atoms with Crippen molar-refractivity contribution in [2.75, 3.05) is 26.9 Å². The van der Waals surface area contributed by atoms with E-state index in [0.29, 0.717) is 6.61 Å². The lowest BCUT2D eigenvalue weighted by Crippen LogP contribution is -2.17. The van der Waals surface area contributed by atoms with E-state index in [-0.39, 0.29) is 12.1 Å². The van der Waals surface area contributed by atoms with E-state index in [1.807, 2.05) is 0 Å². The fourth-order valence-electron chi connectivity index (χ4n) is 1.15. The van der Waals surface area contributed by atoms with Gasteiger partial charge in [-0.2, -0.15) is 0 Å². The molecule has 0 radical (unpaired) electrons. The van der Waals surface area contributed by atoms with E-state index in [2.05, 4.69) is 13.8 Å². The molecule has 0 aromatic heterocycles. The van der Waals surface area contributed by atoms with Gasteiger partial charge in [0.05, 0.1) is 6.61 Å². The van der Waals surface area contributed by atoms with Crippen molar-refractivity contribution in [2.24, 2.45) is 0 Å². The van der Waals surface area contributed by atoms with Crippen LogP contribution in [0.3, 0.4) is 0 Å². The van der Waals surface area contributed by atoms with E-state index in [1.54, 1.807) is 14.0 Å². The first-order valence-electron chi connectivity index (χ1n) is 6.82. The summed E-state index contributed by atoms with van der Waals surface area (Å²) in [7, 11) is 1.57. The summed E-state index contributed by atoms with van der Waals surface area (Å²) in [6.07, 6.45) is 4.78. The molecule has 18 heavy (non-hydrogen) atoms. The smallest absolute Gasteiger partial charge is 0.302 e. The number of rotatable bonds is 9. The lowest BCUT2D eigenvalue weighted by molar-refractivity contribution is -0.147. The van der Waals surface area contributed by atoms with Gasteiger partial charge in [-0.05, 0) is 19.8 Å². The number of hydrogen-bond acceptors (Lipinski definition) is 4. The zero-order valence-corrected chi connectivity index (χ0v) is 12.7. The van der Waals surface area contributed by atoms with Gasteiger partial charge in [0.1, 0.15) is 6.10 Å². The molecule has 0 amide bonds. The quantitative estimate of drug-likeness (QED) is 0.473. The largest absolute Gasteiger partial charge is 0.460 e. The molecule has 0 saturated carbocycles. The minimum atomic E-state index is -0.264. The Morgan fingerprint density at radius 2 is 1.61 bits per heavy atom. The SMILES string of the molecule is CCCCOCCCC.COCC(C)OC(C)=O. The number of unbranched alkanes of at least 4 members (excludes halogenated alkanes) is 2. The Hall–Kier alpha value is -0.610. The summed E-state index contributed by atoms with van der Waals surface area (Å²) in [5.41, 5.74) is 0. The van der Waals surface area contributed by atoms with Crippen LogP contribution in [0.15, 0.2) is 0 Å². The average molecular weight is 262 g/mol. The molecule has 0 bridgehead atoms. The highest BCUT2D eigenvalue weighted by Gasteiger charge is 2.02. The van der Waals surface area contributed by atoms with Crippen LogP contribution in [0.4, 0.5) is 0 Å². The van der Waals surface area contributed by atoms with Crippen LogP contribution in [-0.4, -0.2) is 39.0 Å². The Labute approximate surface area is 112 Å². The second kappa shape index (κ2) is 16.4. The first-order valence-corrected chi connectivity index (χ1v) is 6.82. The topological polar surface area (TPSA) is 44.8 Å². The van der Waals surface area contributed by atoms with E-state index >= 15 is 0 Å². The number of hydrogen-bond donors (Lipinski definition) is 0. The summed E-state index contributed by atoms with van der Waals surface area (Å²) in [6, 6.07) is 0. The van der Waals surface area contributed by atoms with E-state index in [4.69, 9.17) is 14.2 Å². The van der Waals surface area contributed by atoms with Crippen molar-refractivity contribution in [3.05, 3.63) is 0 Å². The molecule has 1 unspecified atom stereocenters. The van der Waals surface area contributed by atoms with Gasteiger partial charge in [0.15, 0.2) is 0 Å². The molecule has 0 rings (SSSR count). The van der Waals surface area contributed by atoms with Crippen molar-refractivity contribution in [3.63, 3.8) is 0 Å². The lowest BCUT2D eigenvalue weighted by atomic mass is 10.3. The molecule has 1 atom stereocenters. The van der Waals surface area contributed by atoms with Gasteiger partial charge in [0.25, 0.3) is 0 Å².